The molecule has 0 aliphatic rings. The van der Waals surface area contributed by atoms with Crippen LogP contribution in [0.4, 0.5) is 0 Å². The average molecular weight is 176 g/mol. The highest BCUT2D eigenvalue weighted by Gasteiger charge is 2.03. The molecule has 12 heavy (non-hydrogen) atoms. The van der Waals surface area contributed by atoms with Crippen LogP contribution in [-0.4, -0.2) is 10.1 Å². The lowest BCUT2D eigenvalue weighted by Gasteiger charge is -1.97. The Bertz CT molecular complexity index is 370. The molecule has 1 aromatic heterocycles. The van der Waals surface area contributed by atoms with E-state index in [4.69, 9.17) is 0 Å². The van der Waals surface area contributed by atoms with Gasteiger partial charge in [0.1, 0.15) is 5.75 Å². The maximum atomic E-state index is 9.42. The molecule has 1 aromatic carbocycles. The number of hydrogen-bond acceptors (Lipinski definition) is 3. The van der Waals surface area contributed by atoms with Gasteiger partial charge in [0.25, 0.3) is 0 Å². The van der Waals surface area contributed by atoms with Crippen LogP contribution in [0.15, 0.2) is 29.1 Å². The number of rotatable bonds is 1. The Morgan fingerprint density at radius 3 is 3.08 bits per heavy atom. The SMILES string of the molecule is Oc1ccc[c]c1-c1cscn1. The molecule has 0 spiro atoms. The number of hydrogen-bond donors (Lipinski definition) is 1. The summed E-state index contributed by atoms with van der Waals surface area (Å²) in [4.78, 5) is 4.07. The molecular weight excluding hydrogens is 170 g/mol. The van der Waals surface area contributed by atoms with Crippen LogP contribution in [0.3, 0.4) is 0 Å². The summed E-state index contributed by atoms with van der Waals surface area (Å²) in [6, 6.07) is 8.06. The number of benzene rings is 1. The fourth-order valence-corrected chi connectivity index (χ4v) is 1.51. The Kier molecular flexibility index (Phi) is 1.80. The van der Waals surface area contributed by atoms with E-state index in [1.54, 1.807) is 23.7 Å². The lowest BCUT2D eigenvalue weighted by molar-refractivity contribution is 0.477. The predicted octanol–water partition coefficient (Wildman–Crippen LogP) is 2.32. The van der Waals surface area contributed by atoms with E-state index in [2.05, 4.69) is 11.1 Å². The quantitative estimate of drug-likeness (QED) is 0.723. The van der Waals surface area contributed by atoms with Crippen LogP contribution in [0, 0.1) is 6.07 Å². The largest absolute Gasteiger partial charge is 0.507 e. The van der Waals surface area contributed by atoms with Gasteiger partial charge in [0, 0.05) is 5.38 Å². The molecular formula is C9H6NOS. The second kappa shape index (κ2) is 2.95. The van der Waals surface area contributed by atoms with Crippen LogP contribution in [0.25, 0.3) is 11.3 Å². The molecule has 0 saturated heterocycles. The van der Waals surface area contributed by atoms with Crippen LogP contribution < -0.4 is 0 Å². The molecule has 0 aliphatic carbocycles. The third kappa shape index (κ3) is 1.19. The molecule has 2 aromatic rings. The van der Waals surface area contributed by atoms with Crippen molar-refractivity contribution in [3.63, 3.8) is 0 Å². The van der Waals surface area contributed by atoms with Crippen LogP contribution >= 0.6 is 11.3 Å². The first-order valence-electron chi connectivity index (χ1n) is 3.46. The van der Waals surface area contributed by atoms with Crippen LogP contribution in [0.2, 0.25) is 0 Å². The van der Waals surface area contributed by atoms with Gasteiger partial charge in [-0.1, -0.05) is 12.1 Å². The fourth-order valence-electron chi connectivity index (χ4n) is 0.969. The van der Waals surface area contributed by atoms with Gasteiger partial charge < -0.3 is 5.11 Å². The minimum Gasteiger partial charge on any atom is -0.507 e. The molecule has 1 heterocycles. The van der Waals surface area contributed by atoms with E-state index in [1.807, 2.05) is 5.38 Å². The van der Waals surface area contributed by atoms with Gasteiger partial charge in [0.05, 0.1) is 16.8 Å². The Labute approximate surface area is 74.1 Å². The lowest BCUT2D eigenvalue weighted by atomic mass is 10.1. The highest BCUT2D eigenvalue weighted by molar-refractivity contribution is 7.07. The van der Waals surface area contributed by atoms with Crippen molar-refractivity contribution in [3.8, 4) is 17.0 Å². The summed E-state index contributed by atoms with van der Waals surface area (Å²) in [7, 11) is 0. The molecule has 0 amide bonds. The van der Waals surface area contributed by atoms with Gasteiger partial charge >= 0.3 is 0 Å². The number of phenolic OH excluding ortho intramolecular Hbond substituents is 1. The Morgan fingerprint density at radius 2 is 2.42 bits per heavy atom. The van der Waals surface area contributed by atoms with E-state index < -0.39 is 0 Å². The minimum absolute atomic E-state index is 0.225. The maximum Gasteiger partial charge on any atom is 0.125 e. The molecule has 2 rings (SSSR count). The Morgan fingerprint density at radius 1 is 1.50 bits per heavy atom. The van der Waals surface area contributed by atoms with Crippen LogP contribution in [0.1, 0.15) is 0 Å². The third-order valence-corrected chi connectivity index (χ3v) is 2.11. The Balaban J connectivity index is 2.55. The average Bonchev–Trinajstić information content (AvgIpc) is 2.57. The molecule has 0 atom stereocenters. The molecule has 0 unspecified atom stereocenters. The van der Waals surface area contributed by atoms with Crippen LogP contribution in [-0.2, 0) is 0 Å². The molecule has 1 radical (unpaired) electrons. The van der Waals surface area contributed by atoms with Gasteiger partial charge in [-0.15, -0.1) is 11.3 Å². The number of thiazole rings is 1. The normalized spacial score (nSPS) is 10.0. The predicted molar refractivity (Wildman–Crippen MR) is 48.1 cm³/mol. The van der Waals surface area contributed by atoms with E-state index in [0.717, 1.165) is 5.69 Å². The third-order valence-electron chi connectivity index (χ3n) is 1.52. The van der Waals surface area contributed by atoms with Crippen LogP contribution in [0.5, 0.6) is 5.75 Å². The van der Waals surface area contributed by atoms with Crippen molar-refractivity contribution >= 4 is 11.3 Å². The fraction of sp³-hybridized carbons (Fsp3) is 0. The zero-order valence-corrected chi connectivity index (χ0v) is 7.01. The monoisotopic (exact) mass is 176 g/mol. The number of nitrogens with zero attached hydrogens (tertiary/aromatic N) is 1. The topological polar surface area (TPSA) is 33.1 Å². The first-order chi connectivity index (χ1) is 5.88. The second-order valence-corrected chi connectivity index (χ2v) is 3.02. The van der Waals surface area contributed by atoms with Crippen molar-refractivity contribution in [2.75, 3.05) is 0 Å². The first kappa shape index (κ1) is 7.31. The summed E-state index contributed by atoms with van der Waals surface area (Å²) >= 11 is 1.50. The lowest BCUT2D eigenvalue weighted by Crippen LogP contribution is -1.77. The smallest absolute Gasteiger partial charge is 0.125 e. The van der Waals surface area contributed by atoms with Gasteiger partial charge in [0.15, 0.2) is 0 Å². The molecule has 3 heteroatoms. The van der Waals surface area contributed by atoms with Crippen molar-refractivity contribution in [2.24, 2.45) is 0 Å². The minimum atomic E-state index is 0.225. The standard InChI is InChI=1S/C9H6NOS/c11-9-4-2-1-3-7(9)8-5-12-6-10-8/h1-2,4-6,11H. The molecule has 0 bridgehead atoms. The number of aromatic nitrogens is 1. The molecule has 1 N–H and O–H groups in total. The first-order valence-corrected chi connectivity index (χ1v) is 4.40. The summed E-state index contributed by atoms with van der Waals surface area (Å²) in [5.41, 5.74) is 3.17. The molecule has 0 aliphatic heterocycles. The van der Waals surface area contributed by atoms with E-state index in [-0.39, 0.29) is 5.75 Å². The maximum absolute atomic E-state index is 9.42. The van der Waals surface area contributed by atoms with Crippen molar-refractivity contribution < 1.29 is 5.11 Å². The molecule has 0 saturated carbocycles. The Hall–Kier alpha value is -1.35. The highest BCUT2D eigenvalue weighted by atomic mass is 32.1. The molecule has 59 valence electrons. The number of aromatic hydroxyl groups is 1. The van der Waals surface area contributed by atoms with Gasteiger partial charge in [-0.05, 0) is 12.1 Å². The molecule has 2 nitrogen and oxygen atoms in total. The van der Waals surface area contributed by atoms with Gasteiger partial charge in [-0.3, -0.25) is 0 Å². The summed E-state index contributed by atoms with van der Waals surface area (Å²) in [5.74, 6) is 0.225. The van der Waals surface area contributed by atoms with Gasteiger partial charge in [-0.25, -0.2) is 4.98 Å². The van der Waals surface area contributed by atoms with E-state index in [1.165, 1.54) is 11.3 Å². The van der Waals surface area contributed by atoms with Gasteiger partial charge in [0.2, 0.25) is 0 Å². The van der Waals surface area contributed by atoms with Crippen molar-refractivity contribution in [1.29, 1.82) is 0 Å². The van der Waals surface area contributed by atoms with Gasteiger partial charge in [-0.2, -0.15) is 0 Å². The van der Waals surface area contributed by atoms with E-state index in [0.29, 0.717) is 5.56 Å². The van der Waals surface area contributed by atoms with Crippen molar-refractivity contribution in [3.05, 3.63) is 35.2 Å². The van der Waals surface area contributed by atoms with Crippen molar-refractivity contribution in [2.45, 2.75) is 0 Å². The van der Waals surface area contributed by atoms with Crippen molar-refractivity contribution in [1.82, 2.24) is 4.98 Å². The van der Waals surface area contributed by atoms with E-state index >= 15 is 0 Å². The second-order valence-electron chi connectivity index (χ2n) is 2.30. The van der Waals surface area contributed by atoms with E-state index in [9.17, 15) is 5.11 Å². The zero-order valence-electron chi connectivity index (χ0n) is 6.19. The zero-order chi connectivity index (χ0) is 8.39. The highest BCUT2D eigenvalue weighted by Crippen LogP contribution is 2.27. The summed E-state index contributed by atoms with van der Waals surface area (Å²) in [6.45, 7) is 0. The number of phenols is 1. The molecule has 0 fully saturated rings. The summed E-state index contributed by atoms with van der Waals surface area (Å²) < 4.78 is 0. The summed E-state index contributed by atoms with van der Waals surface area (Å²) in [6.07, 6.45) is 0. The summed E-state index contributed by atoms with van der Waals surface area (Å²) in [5, 5.41) is 11.3.